The van der Waals surface area contributed by atoms with Crippen LogP contribution in [0.3, 0.4) is 0 Å². The molecule has 190 valence electrons. The Bertz CT molecular complexity index is 298. The summed E-state index contributed by atoms with van der Waals surface area (Å²) in [6.07, 6.45) is 12.2. The summed E-state index contributed by atoms with van der Waals surface area (Å²) < 4.78 is 0. The number of hydrogen-bond acceptors (Lipinski definition) is 0. The minimum atomic E-state index is -0.106. The molecule has 0 aromatic heterocycles. The van der Waals surface area contributed by atoms with Crippen LogP contribution in [0.15, 0.2) is 0 Å². The summed E-state index contributed by atoms with van der Waals surface area (Å²) in [6, 6.07) is 0. The van der Waals surface area contributed by atoms with Crippen molar-refractivity contribution in [3.8, 4) is 0 Å². The van der Waals surface area contributed by atoms with E-state index >= 15 is 0 Å². The fourth-order valence-electron chi connectivity index (χ4n) is 5.74. The summed E-state index contributed by atoms with van der Waals surface area (Å²) in [4.78, 5) is 0. The van der Waals surface area contributed by atoms with Gasteiger partial charge in [-0.2, -0.15) is 0 Å². The minimum Gasteiger partial charge on any atom is 2.00 e. The topological polar surface area (TPSA) is 0 Å². The summed E-state index contributed by atoms with van der Waals surface area (Å²) in [5.74, 6) is 0. The second kappa shape index (κ2) is 23.4. The minimum absolute atomic E-state index is 0. The Morgan fingerprint density at radius 1 is 0.567 bits per heavy atom. The summed E-state index contributed by atoms with van der Waals surface area (Å²) >= 11 is -0.106. The molecule has 0 aromatic carbocycles. The molecule has 0 radical (unpaired) electrons. The average molecular weight is 638 g/mol. The van der Waals surface area contributed by atoms with Gasteiger partial charge in [0.25, 0.3) is 0 Å². The van der Waals surface area contributed by atoms with Gasteiger partial charge in [0.1, 0.15) is 0 Å². The third-order valence-corrected chi connectivity index (χ3v) is 14.7. The van der Waals surface area contributed by atoms with Crippen LogP contribution in [-0.4, -0.2) is 34.0 Å². The molecule has 0 saturated heterocycles. The van der Waals surface area contributed by atoms with Crippen molar-refractivity contribution >= 4 is 34.9 Å². The maximum atomic E-state index is 4.81. The molecule has 0 N–H and O–H groups in total. The number of rotatable bonds is 6. The van der Waals surface area contributed by atoms with Gasteiger partial charge in [0.2, 0.25) is 0 Å². The largest absolute Gasteiger partial charge is 2.00 e. The monoisotopic (exact) mass is 636 g/mol. The van der Waals surface area contributed by atoms with Gasteiger partial charge in [-0.15, -0.1) is 0 Å². The van der Waals surface area contributed by atoms with E-state index in [1.54, 1.807) is 25.7 Å². The van der Waals surface area contributed by atoms with E-state index in [0.29, 0.717) is 0 Å². The van der Waals surface area contributed by atoms with Gasteiger partial charge < -0.3 is 14.9 Å². The van der Waals surface area contributed by atoms with Crippen LogP contribution in [0.1, 0.15) is 107 Å². The van der Waals surface area contributed by atoms with Crippen LogP contribution in [0.4, 0.5) is 0 Å². The molecule has 2 fully saturated rings. The normalized spacial score (nSPS) is 16.9. The molecule has 2 aliphatic carbocycles. The van der Waals surface area contributed by atoms with Gasteiger partial charge in [-0.05, 0) is 107 Å². The predicted molar refractivity (Wildman–Crippen MR) is 146 cm³/mol. The van der Waals surface area contributed by atoms with E-state index in [9.17, 15) is 0 Å². The van der Waals surface area contributed by atoms with Crippen molar-refractivity contribution in [1.82, 2.24) is 0 Å². The van der Waals surface area contributed by atoms with Crippen molar-refractivity contribution in [2.24, 2.45) is 0 Å². The summed E-state index contributed by atoms with van der Waals surface area (Å²) in [7, 11) is 9.52. The molecule has 0 nitrogen and oxygen atoms in total. The van der Waals surface area contributed by atoms with Crippen LogP contribution in [0.25, 0.3) is 0 Å². The van der Waals surface area contributed by atoms with Crippen molar-refractivity contribution in [3.05, 3.63) is 14.9 Å². The molecule has 0 atom stereocenters. The third-order valence-electron chi connectivity index (χ3n) is 6.32. The molecule has 30 heavy (non-hydrogen) atoms. The van der Waals surface area contributed by atoms with Crippen molar-refractivity contribution in [2.75, 3.05) is 0 Å². The molecule has 0 aliphatic heterocycles. The smallest absolute Gasteiger partial charge is 2.00 e. The van der Waals surface area contributed by atoms with Crippen molar-refractivity contribution in [1.29, 1.82) is 0 Å². The maximum absolute atomic E-state index is 4.81. The second-order valence-electron chi connectivity index (χ2n) is 9.63. The Labute approximate surface area is 222 Å². The van der Waals surface area contributed by atoms with Gasteiger partial charge in [-0.25, -0.2) is 0 Å². The number of halogens is 2. The molecule has 6 heteroatoms. The molecule has 0 spiro atoms. The Balaban J connectivity index is -0.000000183. The van der Waals surface area contributed by atoms with E-state index in [-0.39, 0.29) is 63.7 Å². The van der Waals surface area contributed by atoms with E-state index in [1.165, 1.54) is 25.7 Å². The van der Waals surface area contributed by atoms with Gasteiger partial charge in [-0.1, -0.05) is 0 Å². The Kier molecular flexibility index (Phi) is 31.0. The fourth-order valence-corrected chi connectivity index (χ4v) is 14.3. The molecule has 0 unspecified atom stereocenters. The van der Waals surface area contributed by atoms with Gasteiger partial charge in [0.05, 0.1) is 34.0 Å². The van der Waals surface area contributed by atoms with Crippen LogP contribution < -0.4 is 0 Å². The number of hydrogen-bond donors (Lipinski definition) is 0. The molecule has 0 aromatic rings. The van der Waals surface area contributed by atoms with Gasteiger partial charge >= 0.3 is 52.1 Å². The Hall–Kier alpha value is 2.62. The molecular weight excluding hydrogens is 583 g/mol. The fraction of sp³-hybridized carbons (Fsp3) is 0.917. The van der Waals surface area contributed by atoms with Crippen LogP contribution >= 0.6 is 34.9 Å². The molecule has 0 bridgehead atoms. The van der Waals surface area contributed by atoms with E-state index in [1.807, 2.05) is 0 Å². The van der Waals surface area contributed by atoms with Crippen LogP contribution in [0, 0.1) is 14.9 Å². The standard InChI is InChI=1S/2C11H23P.2CH3.2ClH.Fe.Pd/c2*1-9(2)12(10(3)4)11-7-5-6-8-11;;;;;;/h2*9-11H,5-8H2,1-4H3;2*1H3;2*1H;;/q;;2*-1;;;2*+2. The third kappa shape index (κ3) is 16.3. The van der Waals surface area contributed by atoms with Crippen molar-refractivity contribution in [2.45, 2.75) is 141 Å². The van der Waals surface area contributed by atoms with Crippen LogP contribution in [-0.2, 0) is 33.0 Å². The summed E-state index contributed by atoms with van der Waals surface area (Å²) in [6.45, 7) is 19.5. The van der Waals surface area contributed by atoms with Crippen molar-refractivity contribution in [3.63, 3.8) is 0 Å². The average Bonchev–Trinajstić information content (AvgIpc) is 3.21. The van der Waals surface area contributed by atoms with Gasteiger partial charge in [-0.3, -0.25) is 0 Å². The quantitative estimate of drug-likeness (QED) is 0.154. The molecule has 2 saturated carbocycles. The molecule has 2 rings (SSSR count). The van der Waals surface area contributed by atoms with E-state index in [0.717, 1.165) is 34.0 Å². The van der Waals surface area contributed by atoms with E-state index in [2.05, 4.69) is 55.4 Å². The van der Waals surface area contributed by atoms with Crippen LogP contribution in [0.5, 0.6) is 0 Å². The van der Waals surface area contributed by atoms with Crippen LogP contribution in [0.2, 0.25) is 0 Å². The maximum Gasteiger partial charge on any atom is 2.00 e. The molecule has 0 amide bonds. The van der Waals surface area contributed by atoms with Crippen molar-refractivity contribution < 1.29 is 33.0 Å². The Morgan fingerprint density at radius 2 is 0.733 bits per heavy atom. The zero-order valence-electron chi connectivity index (χ0n) is 21.5. The first-order valence-electron chi connectivity index (χ1n) is 11.2. The van der Waals surface area contributed by atoms with E-state index in [4.69, 9.17) is 19.1 Å². The predicted octanol–water partition coefficient (Wildman–Crippen LogP) is 10.2. The summed E-state index contributed by atoms with van der Waals surface area (Å²) in [5.41, 5.74) is 6.23. The van der Waals surface area contributed by atoms with E-state index < -0.39 is 0 Å². The molecular formula is C24H54Cl2FeP2Pd+2. The first-order chi connectivity index (χ1) is 12.7. The molecule has 0 heterocycles. The zero-order valence-corrected chi connectivity index (χ0v) is 27.7. The molecule has 2 aliphatic rings. The first-order valence-corrected chi connectivity index (χ1v) is 18.7. The second-order valence-corrected chi connectivity index (χ2v) is 20.2. The van der Waals surface area contributed by atoms with Gasteiger partial charge in [0.15, 0.2) is 0 Å². The Morgan fingerprint density at radius 3 is 0.867 bits per heavy atom. The van der Waals surface area contributed by atoms with Gasteiger partial charge in [0, 0.05) is 15.8 Å². The summed E-state index contributed by atoms with van der Waals surface area (Å²) in [5, 5.41) is 0. The first kappa shape index (κ1) is 39.8. The zero-order chi connectivity index (χ0) is 21.0. The SMILES string of the molecule is CC(C)[PH+](C(C)C)C1CCCC1.CC(C)[PH+](C(C)C)C1CCCC1.[CH3-].[CH3-].[Cl][Pd][Cl].[Fe+2].